The van der Waals surface area contributed by atoms with Crippen LogP contribution in [0.1, 0.15) is 26.2 Å². The van der Waals surface area contributed by atoms with Crippen LogP contribution in [0.4, 0.5) is 0 Å². The summed E-state index contributed by atoms with van der Waals surface area (Å²) >= 11 is 0. The second-order valence-corrected chi connectivity index (χ2v) is 16.2. The molecule has 3 aliphatic rings. The maximum Gasteiger partial charge on any atom is 0.259 e. The van der Waals surface area contributed by atoms with Crippen LogP contribution in [-0.4, -0.2) is 272 Å². The molecule has 3 heterocycles. The number of aliphatic hydroxyl groups excluding tert-OH is 7. The van der Waals surface area contributed by atoms with E-state index in [1.165, 1.54) is 18.9 Å². The van der Waals surface area contributed by atoms with E-state index < -0.39 is 155 Å². The van der Waals surface area contributed by atoms with E-state index in [2.05, 4.69) is 32.1 Å². The zero-order valence-electron chi connectivity index (χ0n) is 39.3. The first-order valence-corrected chi connectivity index (χ1v) is 22.5. The van der Waals surface area contributed by atoms with Crippen LogP contribution in [0.15, 0.2) is 0 Å². The fourth-order valence-corrected chi connectivity index (χ4v) is 6.66. The fourth-order valence-electron chi connectivity index (χ4n) is 6.66. The van der Waals surface area contributed by atoms with Gasteiger partial charge in [0.15, 0.2) is 12.6 Å². The van der Waals surface area contributed by atoms with Crippen molar-refractivity contribution in [3.05, 3.63) is 0 Å². The molecular weight excluding hydrogens is 960 g/mol. The Labute approximate surface area is 406 Å². The molecule has 32 heteroatoms. The molecule has 3 fully saturated rings. The van der Waals surface area contributed by atoms with Crippen LogP contribution in [0.2, 0.25) is 0 Å². The van der Waals surface area contributed by atoms with E-state index in [1.54, 1.807) is 0 Å². The third-order valence-electron chi connectivity index (χ3n) is 10.3. The van der Waals surface area contributed by atoms with Gasteiger partial charge in [0.1, 0.15) is 49.5 Å². The van der Waals surface area contributed by atoms with E-state index in [0.717, 1.165) is 4.90 Å². The maximum absolute atomic E-state index is 12.9. The summed E-state index contributed by atoms with van der Waals surface area (Å²) in [6.45, 7) is -2.50. The van der Waals surface area contributed by atoms with Crippen molar-refractivity contribution in [2.45, 2.75) is 87.6 Å². The number of imide groups is 1. The smallest absolute Gasteiger partial charge is 0.259 e. The molecule has 0 aliphatic carbocycles. The Morgan fingerprint density at radius 2 is 1.07 bits per heavy atom. The molecule has 3 rings (SSSR count). The Kier molecular flexibility index (Phi) is 27.6. The minimum atomic E-state index is -1.66. The van der Waals surface area contributed by atoms with Crippen molar-refractivity contribution in [3.8, 4) is 0 Å². The van der Waals surface area contributed by atoms with Gasteiger partial charge in [-0.15, -0.1) is 10.0 Å². The van der Waals surface area contributed by atoms with Crippen LogP contribution >= 0.6 is 0 Å². The summed E-state index contributed by atoms with van der Waals surface area (Å²) < 4.78 is 31.3. The minimum Gasteiger partial charge on any atom is -0.394 e. The van der Waals surface area contributed by atoms with Crippen LogP contribution in [0.5, 0.6) is 0 Å². The van der Waals surface area contributed by atoms with Gasteiger partial charge in [0.25, 0.3) is 17.7 Å². The number of amides is 8. The molecule has 0 saturated carbocycles. The highest BCUT2D eigenvalue weighted by atomic mass is 16.8. The predicted molar refractivity (Wildman–Crippen MR) is 232 cm³/mol. The van der Waals surface area contributed by atoms with Crippen molar-refractivity contribution in [3.63, 3.8) is 0 Å². The summed E-state index contributed by atoms with van der Waals surface area (Å²) in [5.41, 5.74) is 6.82. The number of hydrazine groups is 1. The van der Waals surface area contributed by atoms with Crippen LogP contribution in [0.3, 0.4) is 0 Å². The largest absolute Gasteiger partial charge is 0.394 e. The number of hydrogen-bond acceptors (Lipinski definition) is 25. The number of carbonyl (C=O) groups excluding carboxylic acids is 8. The number of ether oxygens (including phenoxy) is 6. The number of hydroxylamine groups is 3. The summed E-state index contributed by atoms with van der Waals surface area (Å²) in [7, 11) is 1.42. The van der Waals surface area contributed by atoms with Gasteiger partial charge in [0.2, 0.25) is 29.5 Å². The number of hydrogen-bond donors (Lipinski definition) is 14. The molecule has 3 aliphatic heterocycles. The monoisotopic (exact) mass is 1030 g/mol. The Balaban J connectivity index is 1.46. The molecule has 0 spiro atoms. The lowest BCUT2D eigenvalue weighted by atomic mass is 9.99. The quantitative estimate of drug-likeness (QED) is 0.0126. The predicted octanol–water partition coefficient (Wildman–Crippen LogP) is -10.5. The Hall–Kier alpha value is -4.72. The summed E-state index contributed by atoms with van der Waals surface area (Å²) in [5.74, 6) is -5.47. The summed E-state index contributed by atoms with van der Waals surface area (Å²) in [5, 5.41) is 80.0. The number of methoxy groups -OCH3 is 1. The Morgan fingerprint density at radius 3 is 1.61 bits per heavy atom. The highest BCUT2D eigenvalue weighted by molar-refractivity contribution is 6.00. The van der Waals surface area contributed by atoms with Gasteiger partial charge in [-0.1, -0.05) is 0 Å². The molecule has 3 saturated heterocycles. The molecule has 0 aromatic rings. The fraction of sp³-hybridized carbons (Fsp3) is 0.795. The molecule has 8 amide bonds. The van der Waals surface area contributed by atoms with Gasteiger partial charge in [0.05, 0.1) is 71.8 Å². The van der Waals surface area contributed by atoms with Crippen molar-refractivity contribution in [1.29, 1.82) is 0 Å². The van der Waals surface area contributed by atoms with Gasteiger partial charge in [-0.05, 0) is 13.3 Å². The molecule has 0 bridgehead atoms. The number of rotatable bonds is 33. The topological polar surface area (TPSA) is 437 Å². The molecule has 32 nitrogen and oxygen atoms in total. The van der Waals surface area contributed by atoms with Gasteiger partial charge < -0.3 is 85.4 Å². The SMILES string of the molecule is COCOCCNC(=O)CN(CC(=O)NCCCNC(=O)CN(CC(=O)NNCCO[C@@H]1O[C@@H](C)[C@@H](O)[C@@H](O)[C@@H]1O)CC(=O)NON1C(=O)CCC1=O)CC(=O)NCCO[C@H]1O[C@H](CO)[C@@H](O)[C@H](O)[C@@H]1O. The zero-order chi connectivity index (χ0) is 52.5. The Bertz CT molecular complexity index is 1710. The molecule has 10 atom stereocenters. The Morgan fingerprint density at radius 1 is 0.606 bits per heavy atom. The van der Waals surface area contributed by atoms with E-state index in [0.29, 0.717) is 5.06 Å². The van der Waals surface area contributed by atoms with Crippen molar-refractivity contribution >= 4 is 47.3 Å². The average molecular weight is 1030 g/mol. The van der Waals surface area contributed by atoms with E-state index >= 15 is 0 Å². The summed E-state index contributed by atoms with van der Waals surface area (Å²) in [4.78, 5) is 108. The number of aliphatic hydroxyl groups is 7. The first-order valence-electron chi connectivity index (χ1n) is 22.5. The van der Waals surface area contributed by atoms with Crippen molar-refractivity contribution in [2.75, 3.05) is 112 Å². The van der Waals surface area contributed by atoms with Crippen molar-refractivity contribution in [1.82, 2.24) is 52.5 Å². The summed E-state index contributed by atoms with van der Waals surface area (Å²) in [6, 6.07) is 0. The molecule has 0 radical (unpaired) electrons. The summed E-state index contributed by atoms with van der Waals surface area (Å²) in [6.07, 6.45) is -14.1. The number of carbonyl (C=O) groups is 8. The average Bonchev–Trinajstić information content (AvgIpc) is 3.65. The standard InChI is InChI=1S/C39H68N10O22/c1-22-32(59)34(61)36(63)38(69-22)68-13-10-44-45-28(55)18-48(19-29(56)46-71-49-30(57)4-5-31(49)58)15-25(52)41-7-3-6-40-24(51)14-47(16-26(53)42-8-11-66-21-65-2)17-27(54)43-9-12-67-39-37(64)35(62)33(60)23(20-50)70-39/h22-23,32-39,44,50,59-64H,3-21H2,1-2H3,(H,40,51)(H,41,52)(H,42,53)(H,43,54)(H,45,55)(H,46,56)/t22-,23+,32+,33+,34+,35-,36-,37-,38+,39-/m0/s1. The third kappa shape index (κ3) is 21.9. The molecular formula is C39H68N10O22. The molecule has 0 unspecified atom stereocenters. The number of nitrogens with one attached hydrogen (secondary N) is 7. The van der Waals surface area contributed by atoms with Crippen molar-refractivity contribution in [2.24, 2.45) is 0 Å². The second kappa shape index (κ2) is 32.4. The molecule has 406 valence electrons. The van der Waals surface area contributed by atoms with E-state index in [4.69, 9.17) is 33.4 Å². The minimum absolute atomic E-state index is 0.00320. The normalized spacial score (nSPS) is 25.5. The first-order chi connectivity index (χ1) is 33.8. The van der Waals surface area contributed by atoms with Gasteiger partial charge in [0, 0.05) is 52.7 Å². The van der Waals surface area contributed by atoms with E-state index in [1.807, 2.05) is 5.48 Å². The van der Waals surface area contributed by atoms with Gasteiger partial charge in [-0.2, -0.15) is 0 Å². The molecule has 0 aromatic carbocycles. The van der Waals surface area contributed by atoms with Gasteiger partial charge in [-0.3, -0.25) is 53.6 Å². The zero-order valence-corrected chi connectivity index (χ0v) is 39.3. The lowest BCUT2D eigenvalue weighted by Gasteiger charge is -2.39. The first kappa shape index (κ1) is 60.6. The highest BCUT2D eigenvalue weighted by Crippen LogP contribution is 2.23. The molecule has 71 heavy (non-hydrogen) atoms. The van der Waals surface area contributed by atoms with Crippen LogP contribution in [0.25, 0.3) is 0 Å². The van der Waals surface area contributed by atoms with Crippen LogP contribution in [0, 0.1) is 0 Å². The lowest BCUT2D eigenvalue weighted by Crippen LogP contribution is -2.59. The van der Waals surface area contributed by atoms with Gasteiger partial charge >= 0.3 is 0 Å². The molecule has 14 N–H and O–H groups in total. The lowest BCUT2D eigenvalue weighted by molar-refractivity contribution is -0.300. The maximum atomic E-state index is 12.9. The van der Waals surface area contributed by atoms with E-state index in [-0.39, 0.29) is 78.6 Å². The van der Waals surface area contributed by atoms with E-state index in [9.17, 15) is 74.1 Å². The van der Waals surface area contributed by atoms with Crippen molar-refractivity contribution < 1.29 is 107 Å². The third-order valence-corrected chi connectivity index (χ3v) is 10.3. The highest BCUT2D eigenvalue weighted by Gasteiger charge is 2.44. The second-order valence-electron chi connectivity index (χ2n) is 16.2. The van der Waals surface area contributed by atoms with Crippen LogP contribution < -0.4 is 37.6 Å². The van der Waals surface area contributed by atoms with Gasteiger partial charge in [-0.25, -0.2) is 10.9 Å². The number of nitrogens with zero attached hydrogens (tertiary/aromatic N) is 3. The van der Waals surface area contributed by atoms with Crippen LogP contribution in [-0.2, 0) is 71.7 Å². The molecule has 0 aromatic heterocycles.